The Labute approximate surface area is 159 Å². The van der Waals surface area contributed by atoms with Crippen molar-refractivity contribution in [2.75, 3.05) is 59.7 Å². The van der Waals surface area contributed by atoms with E-state index >= 15 is 0 Å². The van der Waals surface area contributed by atoms with Crippen LogP contribution in [-0.4, -0.2) is 88.3 Å². The van der Waals surface area contributed by atoms with Gasteiger partial charge in [0.2, 0.25) is 0 Å². The van der Waals surface area contributed by atoms with Gasteiger partial charge in [-0.05, 0) is 41.0 Å². The second-order valence-corrected chi connectivity index (χ2v) is 7.56. The highest BCUT2D eigenvalue weighted by molar-refractivity contribution is 5.79. The van der Waals surface area contributed by atoms with Crippen molar-refractivity contribution >= 4 is 5.96 Å². The van der Waals surface area contributed by atoms with Crippen molar-refractivity contribution in [3.05, 3.63) is 0 Å². The molecule has 0 spiro atoms. The summed E-state index contributed by atoms with van der Waals surface area (Å²) in [6, 6.07) is 0. The molecule has 7 nitrogen and oxygen atoms in total. The van der Waals surface area contributed by atoms with E-state index in [1.54, 1.807) is 7.11 Å². The molecule has 2 atom stereocenters. The summed E-state index contributed by atoms with van der Waals surface area (Å²) in [6.07, 6.45) is 1.48. The van der Waals surface area contributed by atoms with Gasteiger partial charge >= 0.3 is 0 Å². The minimum absolute atomic E-state index is 0.00207. The highest BCUT2D eigenvalue weighted by Gasteiger charge is 2.33. The van der Waals surface area contributed by atoms with Crippen LogP contribution in [0.4, 0.5) is 0 Å². The minimum atomic E-state index is -0.00207. The fraction of sp³-hybridized carbons (Fsp3) is 0.947. The molecule has 0 amide bonds. The van der Waals surface area contributed by atoms with Gasteiger partial charge in [-0.3, -0.25) is 9.89 Å². The topological polar surface area (TPSA) is 67.4 Å². The van der Waals surface area contributed by atoms with Crippen LogP contribution in [0.2, 0.25) is 0 Å². The van der Waals surface area contributed by atoms with Gasteiger partial charge < -0.3 is 24.8 Å². The molecule has 1 saturated heterocycles. The van der Waals surface area contributed by atoms with Gasteiger partial charge in [0.1, 0.15) is 0 Å². The van der Waals surface area contributed by atoms with E-state index in [0.717, 1.165) is 51.7 Å². The maximum Gasteiger partial charge on any atom is 0.191 e. The average Bonchev–Trinajstić information content (AvgIpc) is 2.58. The van der Waals surface area contributed by atoms with Crippen LogP contribution in [0.1, 0.15) is 41.0 Å². The molecule has 0 saturated carbocycles. The Kier molecular flexibility index (Phi) is 11.1. The zero-order chi connectivity index (χ0) is 19.4. The number of methoxy groups -OCH3 is 1. The first-order chi connectivity index (χ1) is 12.4. The summed E-state index contributed by atoms with van der Waals surface area (Å²) in [5, 5.41) is 6.71. The lowest BCUT2D eigenvalue weighted by atomic mass is 10.0. The number of aliphatic imine (C=N–C) groups is 1. The summed E-state index contributed by atoms with van der Waals surface area (Å²) in [5.74, 6) is 0.867. The third-order valence-corrected chi connectivity index (χ3v) is 4.43. The van der Waals surface area contributed by atoms with E-state index in [2.05, 4.69) is 50.2 Å². The van der Waals surface area contributed by atoms with Gasteiger partial charge in [0, 0.05) is 45.4 Å². The SMILES string of the molecule is CCNC(=NCC(C)(C)N1CC(C)OC(C)C1)NCCCOCCOC. The second-order valence-electron chi connectivity index (χ2n) is 7.56. The maximum absolute atomic E-state index is 5.85. The van der Waals surface area contributed by atoms with Crippen LogP contribution in [0.25, 0.3) is 0 Å². The molecule has 1 rings (SSSR count). The zero-order valence-corrected chi connectivity index (χ0v) is 17.6. The van der Waals surface area contributed by atoms with Crippen molar-refractivity contribution in [1.29, 1.82) is 0 Å². The van der Waals surface area contributed by atoms with Gasteiger partial charge in [-0.15, -0.1) is 0 Å². The lowest BCUT2D eigenvalue weighted by Gasteiger charge is -2.44. The quantitative estimate of drug-likeness (QED) is 0.325. The molecule has 0 bridgehead atoms. The van der Waals surface area contributed by atoms with E-state index < -0.39 is 0 Å². The van der Waals surface area contributed by atoms with E-state index in [0.29, 0.717) is 13.2 Å². The molecule has 1 heterocycles. The maximum atomic E-state index is 5.85. The summed E-state index contributed by atoms with van der Waals surface area (Å²) in [5.41, 5.74) is -0.00207. The summed E-state index contributed by atoms with van der Waals surface area (Å²) in [4.78, 5) is 7.30. The van der Waals surface area contributed by atoms with E-state index in [4.69, 9.17) is 19.2 Å². The van der Waals surface area contributed by atoms with Crippen LogP contribution in [-0.2, 0) is 14.2 Å². The Morgan fingerprint density at radius 2 is 1.85 bits per heavy atom. The van der Waals surface area contributed by atoms with Gasteiger partial charge in [-0.2, -0.15) is 0 Å². The summed E-state index contributed by atoms with van der Waals surface area (Å²) >= 11 is 0. The van der Waals surface area contributed by atoms with Crippen LogP contribution in [0, 0.1) is 0 Å². The summed E-state index contributed by atoms with van der Waals surface area (Å²) < 4.78 is 16.3. The Bertz CT molecular complexity index is 394. The lowest BCUT2D eigenvalue weighted by molar-refractivity contribution is -0.0939. The monoisotopic (exact) mass is 372 g/mol. The highest BCUT2D eigenvalue weighted by Crippen LogP contribution is 2.21. The van der Waals surface area contributed by atoms with E-state index in [1.807, 2.05) is 0 Å². The second kappa shape index (κ2) is 12.5. The molecule has 1 fully saturated rings. The highest BCUT2D eigenvalue weighted by atomic mass is 16.5. The molecule has 2 N–H and O–H groups in total. The largest absolute Gasteiger partial charge is 0.382 e. The zero-order valence-electron chi connectivity index (χ0n) is 17.6. The molecule has 2 unspecified atom stereocenters. The van der Waals surface area contributed by atoms with Crippen LogP contribution in [0.15, 0.2) is 4.99 Å². The van der Waals surface area contributed by atoms with Gasteiger partial charge in [-0.25, -0.2) is 0 Å². The Morgan fingerprint density at radius 1 is 1.15 bits per heavy atom. The Morgan fingerprint density at radius 3 is 2.46 bits per heavy atom. The van der Waals surface area contributed by atoms with Crippen LogP contribution < -0.4 is 10.6 Å². The number of nitrogens with zero attached hydrogens (tertiary/aromatic N) is 2. The third-order valence-electron chi connectivity index (χ3n) is 4.43. The molecule has 154 valence electrons. The normalized spacial score (nSPS) is 22.5. The smallest absolute Gasteiger partial charge is 0.191 e. The molecule has 26 heavy (non-hydrogen) atoms. The van der Waals surface area contributed by atoms with Gasteiger partial charge in [0.05, 0.1) is 32.0 Å². The Balaban J connectivity index is 2.43. The number of nitrogens with one attached hydrogen (secondary N) is 2. The minimum Gasteiger partial charge on any atom is -0.382 e. The molecule has 0 radical (unpaired) electrons. The molecule has 0 aliphatic carbocycles. The lowest BCUT2D eigenvalue weighted by Crippen LogP contribution is -2.56. The van der Waals surface area contributed by atoms with Crippen LogP contribution >= 0.6 is 0 Å². The van der Waals surface area contributed by atoms with Crippen LogP contribution in [0.3, 0.4) is 0 Å². The molecule has 1 aliphatic heterocycles. The van der Waals surface area contributed by atoms with Crippen molar-refractivity contribution in [1.82, 2.24) is 15.5 Å². The molecule has 7 heteroatoms. The van der Waals surface area contributed by atoms with Gasteiger partial charge in [0.25, 0.3) is 0 Å². The standard InChI is InChI=1S/C19H40N4O3/c1-7-20-18(21-9-8-10-25-12-11-24-6)22-15-19(4,5)23-13-16(2)26-17(3)14-23/h16-17H,7-15H2,1-6H3,(H2,20,21,22). The van der Waals surface area contributed by atoms with E-state index in [9.17, 15) is 0 Å². The number of guanidine groups is 1. The number of rotatable bonds is 11. The third kappa shape index (κ3) is 9.16. The number of hydrogen-bond donors (Lipinski definition) is 2. The number of morpholine rings is 1. The van der Waals surface area contributed by atoms with Crippen molar-refractivity contribution in [2.24, 2.45) is 4.99 Å². The molecule has 0 aromatic heterocycles. The first-order valence-corrected chi connectivity index (χ1v) is 9.88. The van der Waals surface area contributed by atoms with E-state index in [-0.39, 0.29) is 17.7 Å². The molecule has 0 aromatic carbocycles. The molecule has 0 aromatic rings. The molecule has 1 aliphatic rings. The number of ether oxygens (including phenoxy) is 3. The average molecular weight is 373 g/mol. The summed E-state index contributed by atoms with van der Waals surface area (Å²) in [6.45, 7) is 17.2. The predicted molar refractivity (Wildman–Crippen MR) is 107 cm³/mol. The van der Waals surface area contributed by atoms with Crippen molar-refractivity contribution in [3.8, 4) is 0 Å². The molecular weight excluding hydrogens is 332 g/mol. The first-order valence-electron chi connectivity index (χ1n) is 9.88. The van der Waals surface area contributed by atoms with Gasteiger partial charge in [0.15, 0.2) is 5.96 Å². The Hall–Kier alpha value is -0.890. The first kappa shape index (κ1) is 23.1. The molecular formula is C19H40N4O3. The predicted octanol–water partition coefficient (Wildman–Crippen LogP) is 1.48. The van der Waals surface area contributed by atoms with E-state index in [1.165, 1.54) is 0 Å². The fourth-order valence-corrected chi connectivity index (χ4v) is 3.01. The van der Waals surface area contributed by atoms with Crippen LogP contribution in [0.5, 0.6) is 0 Å². The van der Waals surface area contributed by atoms with Crippen molar-refractivity contribution < 1.29 is 14.2 Å². The number of hydrogen-bond acceptors (Lipinski definition) is 5. The van der Waals surface area contributed by atoms with Gasteiger partial charge in [-0.1, -0.05) is 0 Å². The fourth-order valence-electron chi connectivity index (χ4n) is 3.01. The summed E-state index contributed by atoms with van der Waals surface area (Å²) in [7, 11) is 1.68. The van der Waals surface area contributed by atoms with Crippen molar-refractivity contribution in [3.63, 3.8) is 0 Å². The van der Waals surface area contributed by atoms with Crippen molar-refractivity contribution in [2.45, 2.75) is 58.8 Å².